The van der Waals surface area contributed by atoms with Gasteiger partial charge in [-0.2, -0.15) is 0 Å². The number of anilines is 2. The van der Waals surface area contributed by atoms with Gasteiger partial charge in [-0.15, -0.1) is 11.3 Å². The molecule has 20 heavy (non-hydrogen) atoms. The maximum atomic E-state index is 11.6. The molecule has 6 heteroatoms. The molecule has 1 aromatic rings. The fraction of sp³-hybridized carbons (Fsp3) is 0.643. The molecule has 5 nitrogen and oxygen atoms in total. The molecule has 0 radical (unpaired) electrons. The number of nitrogens with zero attached hydrogens (tertiary/aromatic N) is 2. The quantitative estimate of drug-likeness (QED) is 0.862. The molecule has 1 fully saturated rings. The Labute approximate surface area is 124 Å². The van der Waals surface area contributed by atoms with Crippen LogP contribution in [0.3, 0.4) is 0 Å². The van der Waals surface area contributed by atoms with Crippen LogP contribution in [0, 0.1) is 0 Å². The topological polar surface area (TPSA) is 58.8 Å². The zero-order valence-corrected chi connectivity index (χ0v) is 13.4. The van der Waals surface area contributed by atoms with E-state index >= 15 is 0 Å². The molecule has 0 atom stereocenters. The summed E-state index contributed by atoms with van der Waals surface area (Å²) in [6.07, 6.45) is 0. The average molecular weight is 297 g/mol. The van der Waals surface area contributed by atoms with Crippen LogP contribution in [0.15, 0.2) is 0 Å². The zero-order valence-electron chi connectivity index (χ0n) is 12.6. The van der Waals surface area contributed by atoms with E-state index in [9.17, 15) is 4.79 Å². The fourth-order valence-corrected chi connectivity index (χ4v) is 3.66. The highest BCUT2D eigenvalue weighted by Crippen LogP contribution is 2.45. The summed E-state index contributed by atoms with van der Waals surface area (Å²) in [6, 6.07) is 0.570. The van der Waals surface area contributed by atoms with Gasteiger partial charge in [0.2, 0.25) is 0 Å². The molecule has 112 valence electrons. The van der Waals surface area contributed by atoms with E-state index in [1.165, 1.54) is 11.3 Å². The van der Waals surface area contributed by atoms with Crippen LogP contribution in [0.2, 0.25) is 0 Å². The van der Waals surface area contributed by atoms with Gasteiger partial charge in [-0.25, -0.2) is 0 Å². The Morgan fingerprint density at radius 2 is 1.90 bits per heavy atom. The molecule has 1 aromatic heterocycles. The molecule has 2 heterocycles. The van der Waals surface area contributed by atoms with Crippen LogP contribution in [0.25, 0.3) is 0 Å². The minimum atomic E-state index is -0.00198. The molecule has 1 saturated heterocycles. The van der Waals surface area contributed by atoms with Crippen LogP contribution in [-0.2, 0) is 0 Å². The summed E-state index contributed by atoms with van der Waals surface area (Å²) in [6.45, 7) is 9.89. The Hall–Kier alpha value is -1.27. The van der Waals surface area contributed by atoms with Gasteiger partial charge in [0.15, 0.2) is 11.5 Å². The van der Waals surface area contributed by atoms with Crippen molar-refractivity contribution in [2.45, 2.75) is 26.8 Å². The second-order valence-electron chi connectivity index (χ2n) is 5.36. The molecular weight excluding hydrogens is 274 g/mol. The molecule has 0 spiro atoms. The predicted molar refractivity (Wildman–Crippen MR) is 84.2 cm³/mol. The van der Waals surface area contributed by atoms with Gasteiger partial charge >= 0.3 is 0 Å². The zero-order chi connectivity index (χ0) is 14.9. The van der Waals surface area contributed by atoms with E-state index in [0.29, 0.717) is 22.4 Å². The largest absolute Gasteiger partial charge is 0.492 e. The molecule has 0 unspecified atom stereocenters. The number of ether oxygens (including phenoxy) is 1. The number of hydrogen-bond donors (Lipinski definition) is 1. The number of nitrogen functional groups attached to an aromatic ring is 1. The number of hydrogen-bond acceptors (Lipinski definition) is 6. The monoisotopic (exact) mass is 297 g/mol. The van der Waals surface area contributed by atoms with Crippen LogP contribution >= 0.6 is 11.3 Å². The highest BCUT2D eigenvalue weighted by Gasteiger charge is 2.26. The molecule has 0 saturated carbocycles. The standard InChI is InChI=1S/C14H23N3O2S/c1-9(2)16-5-7-17(8-6-16)14-12(19-4)11(15)13(20-14)10(3)18/h9H,5-8,15H2,1-4H3. The Kier molecular flexibility index (Phi) is 4.55. The van der Waals surface area contributed by atoms with Crippen molar-refractivity contribution in [3.05, 3.63) is 4.88 Å². The normalized spacial score (nSPS) is 16.8. The Morgan fingerprint density at radius 3 is 2.35 bits per heavy atom. The van der Waals surface area contributed by atoms with Crippen LogP contribution < -0.4 is 15.4 Å². The highest BCUT2D eigenvalue weighted by atomic mass is 32.1. The van der Waals surface area contributed by atoms with Gasteiger partial charge in [0.05, 0.1) is 17.7 Å². The molecule has 2 rings (SSSR count). The van der Waals surface area contributed by atoms with Crippen molar-refractivity contribution in [1.82, 2.24) is 4.90 Å². The van der Waals surface area contributed by atoms with Crippen molar-refractivity contribution in [1.29, 1.82) is 0 Å². The molecule has 2 N–H and O–H groups in total. The lowest BCUT2D eigenvalue weighted by Crippen LogP contribution is -2.48. The minimum absolute atomic E-state index is 0.00198. The van der Waals surface area contributed by atoms with Crippen LogP contribution in [0.4, 0.5) is 10.7 Å². The number of thiophene rings is 1. The Bertz CT molecular complexity index is 491. The summed E-state index contributed by atoms with van der Waals surface area (Å²) < 4.78 is 5.41. The number of piperazine rings is 1. The van der Waals surface area contributed by atoms with Crippen molar-refractivity contribution in [2.24, 2.45) is 0 Å². The Balaban J connectivity index is 2.21. The third-order valence-corrected chi connectivity index (χ3v) is 5.09. The maximum Gasteiger partial charge on any atom is 0.177 e. The second-order valence-corrected chi connectivity index (χ2v) is 6.36. The number of nitrogens with two attached hydrogens (primary N) is 1. The van der Waals surface area contributed by atoms with E-state index in [1.807, 2.05) is 0 Å². The molecule has 0 bridgehead atoms. The van der Waals surface area contributed by atoms with Gasteiger partial charge in [-0.3, -0.25) is 9.69 Å². The molecule has 0 aliphatic carbocycles. The first-order chi connectivity index (χ1) is 9.45. The van der Waals surface area contributed by atoms with Gasteiger partial charge in [-0.1, -0.05) is 0 Å². The highest BCUT2D eigenvalue weighted by molar-refractivity contribution is 7.19. The van der Waals surface area contributed by atoms with E-state index in [4.69, 9.17) is 10.5 Å². The van der Waals surface area contributed by atoms with Gasteiger partial charge in [-0.05, 0) is 13.8 Å². The van der Waals surface area contributed by atoms with Crippen molar-refractivity contribution < 1.29 is 9.53 Å². The summed E-state index contributed by atoms with van der Waals surface area (Å²) in [5.41, 5.74) is 6.50. The first-order valence-corrected chi connectivity index (χ1v) is 7.73. The van der Waals surface area contributed by atoms with Crippen molar-refractivity contribution >= 4 is 27.8 Å². The summed E-state index contributed by atoms with van der Waals surface area (Å²) in [5.74, 6) is 0.649. The summed E-state index contributed by atoms with van der Waals surface area (Å²) in [5, 5.41) is 0.985. The van der Waals surface area contributed by atoms with Crippen molar-refractivity contribution in [2.75, 3.05) is 43.9 Å². The second kappa shape index (κ2) is 6.01. The van der Waals surface area contributed by atoms with E-state index < -0.39 is 0 Å². The molecular formula is C14H23N3O2S. The third kappa shape index (κ3) is 2.76. The number of carbonyl (C=O) groups is 1. The number of rotatable bonds is 4. The van der Waals surface area contributed by atoms with Gasteiger partial charge < -0.3 is 15.4 Å². The summed E-state index contributed by atoms with van der Waals surface area (Å²) in [7, 11) is 1.61. The molecule has 1 aliphatic heterocycles. The van der Waals surface area contributed by atoms with Crippen LogP contribution in [0.1, 0.15) is 30.4 Å². The lowest BCUT2D eigenvalue weighted by Gasteiger charge is -2.37. The predicted octanol–water partition coefficient (Wildman–Crippen LogP) is 2.07. The molecule has 0 amide bonds. The van der Waals surface area contributed by atoms with Crippen molar-refractivity contribution in [3.63, 3.8) is 0 Å². The van der Waals surface area contributed by atoms with E-state index in [2.05, 4.69) is 23.6 Å². The number of methoxy groups -OCH3 is 1. The van der Waals surface area contributed by atoms with Crippen LogP contribution in [0.5, 0.6) is 5.75 Å². The fourth-order valence-electron chi connectivity index (χ4n) is 2.52. The van der Waals surface area contributed by atoms with Gasteiger partial charge in [0, 0.05) is 39.1 Å². The molecule has 1 aliphatic rings. The van der Waals surface area contributed by atoms with E-state index in [0.717, 1.165) is 31.2 Å². The number of ketones is 1. The molecule has 0 aromatic carbocycles. The number of carbonyl (C=O) groups excluding carboxylic acids is 1. The first-order valence-electron chi connectivity index (χ1n) is 6.91. The van der Waals surface area contributed by atoms with Crippen molar-refractivity contribution in [3.8, 4) is 5.75 Å². The van der Waals surface area contributed by atoms with Crippen LogP contribution in [-0.4, -0.2) is 50.0 Å². The van der Waals surface area contributed by atoms with Gasteiger partial charge in [0.1, 0.15) is 5.00 Å². The third-order valence-electron chi connectivity index (χ3n) is 3.74. The lowest BCUT2D eigenvalue weighted by atomic mass is 10.2. The van der Waals surface area contributed by atoms with Gasteiger partial charge in [0.25, 0.3) is 0 Å². The first kappa shape index (κ1) is 15.1. The Morgan fingerprint density at radius 1 is 1.30 bits per heavy atom. The summed E-state index contributed by atoms with van der Waals surface area (Å²) >= 11 is 1.44. The number of Topliss-reactive ketones (excluding diaryl/α,β-unsaturated/α-hetero) is 1. The van der Waals surface area contributed by atoms with E-state index in [-0.39, 0.29) is 5.78 Å². The SMILES string of the molecule is COc1c(N2CCN(C(C)C)CC2)sc(C(C)=O)c1N. The summed E-state index contributed by atoms with van der Waals surface area (Å²) in [4.78, 5) is 16.9. The maximum absolute atomic E-state index is 11.6. The smallest absolute Gasteiger partial charge is 0.177 e. The van der Waals surface area contributed by atoms with E-state index in [1.54, 1.807) is 14.0 Å². The average Bonchev–Trinajstić information content (AvgIpc) is 2.75. The lowest BCUT2D eigenvalue weighted by molar-refractivity contribution is 0.102. The minimum Gasteiger partial charge on any atom is -0.492 e.